The van der Waals surface area contributed by atoms with Gasteiger partial charge in [-0.3, -0.25) is 14.4 Å². The molecule has 10 heteroatoms. The predicted octanol–water partition coefficient (Wildman–Crippen LogP) is 5.32. The molecule has 0 saturated heterocycles. The molecule has 0 spiro atoms. The Hall–Kier alpha value is -3.92. The SMILES string of the molecule is COc1c(CN(c2ccc(F)cc2)S(=O)(=O)c2ccc([N+](=O)[O-])cc2)ccc2c1C=CC(C)(C)O2. The summed E-state index contributed by atoms with van der Waals surface area (Å²) >= 11 is 0. The summed E-state index contributed by atoms with van der Waals surface area (Å²) in [6.45, 7) is 3.69. The molecule has 4 rings (SSSR count). The van der Waals surface area contributed by atoms with E-state index in [-0.39, 0.29) is 22.8 Å². The number of rotatable bonds is 7. The predicted molar refractivity (Wildman–Crippen MR) is 130 cm³/mol. The van der Waals surface area contributed by atoms with E-state index >= 15 is 0 Å². The summed E-state index contributed by atoms with van der Waals surface area (Å²) in [4.78, 5) is 10.2. The van der Waals surface area contributed by atoms with Crippen molar-refractivity contribution in [2.24, 2.45) is 0 Å². The maximum Gasteiger partial charge on any atom is 0.269 e. The molecule has 182 valence electrons. The van der Waals surface area contributed by atoms with Crippen LogP contribution in [0.15, 0.2) is 71.6 Å². The summed E-state index contributed by atoms with van der Waals surface area (Å²) in [5.74, 6) is 0.530. The van der Waals surface area contributed by atoms with Crippen molar-refractivity contribution < 1.29 is 27.2 Å². The highest BCUT2D eigenvalue weighted by atomic mass is 32.2. The van der Waals surface area contributed by atoms with Crippen molar-refractivity contribution in [1.82, 2.24) is 0 Å². The Kier molecular flexibility index (Phi) is 6.25. The van der Waals surface area contributed by atoms with Crippen LogP contribution in [0.25, 0.3) is 6.08 Å². The Morgan fingerprint density at radius 3 is 2.31 bits per heavy atom. The topological polar surface area (TPSA) is 99.0 Å². The number of anilines is 1. The number of nitro groups is 1. The van der Waals surface area contributed by atoms with Gasteiger partial charge in [0.25, 0.3) is 15.7 Å². The first-order chi connectivity index (χ1) is 16.5. The fourth-order valence-corrected chi connectivity index (χ4v) is 5.23. The molecule has 1 heterocycles. The summed E-state index contributed by atoms with van der Waals surface area (Å²) in [5, 5.41) is 11.0. The third kappa shape index (κ3) is 4.83. The normalized spacial score (nSPS) is 14.1. The Morgan fingerprint density at radius 1 is 1.06 bits per heavy atom. The molecule has 1 aliphatic heterocycles. The molecule has 0 bridgehead atoms. The van der Waals surface area contributed by atoms with Gasteiger partial charge in [0.2, 0.25) is 0 Å². The molecule has 3 aromatic carbocycles. The number of ether oxygens (including phenoxy) is 2. The minimum Gasteiger partial charge on any atom is -0.496 e. The van der Waals surface area contributed by atoms with Crippen molar-refractivity contribution in [3.05, 3.63) is 93.8 Å². The zero-order valence-electron chi connectivity index (χ0n) is 19.3. The Morgan fingerprint density at radius 2 is 1.71 bits per heavy atom. The van der Waals surface area contributed by atoms with Gasteiger partial charge in [-0.25, -0.2) is 12.8 Å². The fraction of sp³-hybridized carbons (Fsp3) is 0.200. The zero-order valence-corrected chi connectivity index (χ0v) is 20.1. The standard InChI is InChI=1S/C25H23FN2O6S/c1-25(2)15-14-22-23(34-25)13-4-17(24(22)33-3)16-27(19-7-5-18(26)6-8-19)35(31,32)21-11-9-20(10-12-21)28(29)30/h4-15H,16H2,1-3H3. The van der Waals surface area contributed by atoms with E-state index in [4.69, 9.17) is 9.47 Å². The van der Waals surface area contributed by atoms with E-state index in [1.165, 1.54) is 31.4 Å². The lowest BCUT2D eigenvalue weighted by Crippen LogP contribution is -2.31. The van der Waals surface area contributed by atoms with Crippen LogP contribution in [0.2, 0.25) is 0 Å². The minimum absolute atomic E-state index is 0.140. The molecule has 35 heavy (non-hydrogen) atoms. The number of hydrogen-bond donors (Lipinski definition) is 0. The average Bonchev–Trinajstić information content (AvgIpc) is 2.82. The number of non-ortho nitro benzene ring substituents is 1. The van der Waals surface area contributed by atoms with Gasteiger partial charge in [-0.05, 0) is 74.5 Å². The minimum atomic E-state index is -4.19. The largest absolute Gasteiger partial charge is 0.496 e. The molecular formula is C25H23FN2O6S. The molecule has 8 nitrogen and oxygen atoms in total. The number of nitro benzene ring substituents is 1. The summed E-state index contributed by atoms with van der Waals surface area (Å²) in [6.07, 6.45) is 3.75. The van der Waals surface area contributed by atoms with Gasteiger partial charge in [-0.1, -0.05) is 0 Å². The maximum absolute atomic E-state index is 13.7. The number of fused-ring (bicyclic) bond motifs is 1. The summed E-state index contributed by atoms with van der Waals surface area (Å²) in [7, 11) is -2.70. The van der Waals surface area contributed by atoms with Gasteiger partial charge >= 0.3 is 0 Å². The van der Waals surface area contributed by atoms with Gasteiger partial charge in [-0.2, -0.15) is 0 Å². The van der Waals surface area contributed by atoms with Crippen molar-refractivity contribution in [1.29, 1.82) is 0 Å². The van der Waals surface area contributed by atoms with Gasteiger partial charge in [-0.15, -0.1) is 0 Å². The Labute approximate surface area is 202 Å². The quantitative estimate of drug-likeness (QED) is 0.323. The molecule has 3 aromatic rings. The average molecular weight is 499 g/mol. The monoisotopic (exact) mass is 498 g/mol. The van der Waals surface area contributed by atoms with Gasteiger partial charge in [0, 0.05) is 17.7 Å². The van der Waals surface area contributed by atoms with Gasteiger partial charge in [0.1, 0.15) is 22.9 Å². The fourth-order valence-electron chi connectivity index (χ4n) is 3.78. The highest BCUT2D eigenvalue weighted by Crippen LogP contribution is 2.40. The van der Waals surface area contributed by atoms with E-state index in [2.05, 4.69) is 0 Å². The van der Waals surface area contributed by atoms with E-state index in [0.29, 0.717) is 22.6 Å². The number of nitrogens with zero attached hydrogens (tertiary/aromatic N) is 2. The maximum atomic E-state index is 13.7. The van der Waals surface area contributed by atoms with Gasteiger partial charge in [0.05, 0.1) is 34.7 Å². The van der Waals surface area contributed by atoms with E-state index < -0.39 is 26.4 Å². The first-order valence-corrected chi connectivity index (χ1v) is 12.1. The number of methoxy groups -OCH3 is 1. The number of benzene rings is 3. The summed E-state index contributed by atoms with van der Waals surface area (Å²) in [5.41, 5.74) is 0.713. The third-order valence-electron chi connectivity index (χ3n) is 5.53. The Bertz CT molecular complexity index is 1400. The lowest BCUT2D eigenvalue weighted by molar-refractivity contribution is -0.384. The van der Waals surface area contributed by atoms with Crippen LogP contribution in [0.5, 0.6) is 11.5 Å². The lowest BCUT2D eigenvalue weighted by Gasteiger charge is -2.30. The molecule has 0 N–H and O–H groups in total. The molecule has 0 aliphatic carbocycles. The zero-order chi connectivity index (χ0) is 25.4. The molecule has 1 aliphatic rings. The van der Waals surface area contributed by atoms with E-state index in [1.807, 2.05) is 26.0 Å². The number of hydrogen-bond acceptors (Lipinski definition) is 6. The molecule has 0 radical (unpaired) electrons. The summed E-state index contributed by atoms with van der Waals surface area (Å²) < 4.78 is 53.7. The van der Waals surface area contributed by atoms with Crippen LogP contribution in [0.1, 0.15) is 25.0 Å². The first-order valence-electron chi connectivity index (χ1n) is 10.6. The van der Waals surface area contributed by atoms with E-state index in [1.54, 1.807) is 12.1 Å². The van der Waals surface area contributed by atoms with E-state index in [9.17, 15) is 22.9 Å². The van der Waals surface area contributed by atoms with Crippen molar-refractivity contribution in [3.63, 3.8) is 0 Å². The molecule has 0 saturated carbocycles. The second-order valence-corrected chi connectivity index (χ2v) is 10.3. The van der Waals surface area contributed by atoms with Crippen LogP contribution in [-0.2, 0) is 16.6 Å². The van der Waals surface area contributed by atoms with Gasteiger partial charge < -0.3 is 9.47 Å². The van der Waals surface area contributed by atoms with Crippen LogP contribution in [0, 0.1) is 15.9 Å². The number of sulfonamides is 1. The summed E-state index contributed by atoms with van der Waals surface area (Å²) in [6, 6.07) is 13.1. The Balaban J connectivity index is 1.80. The second-order valence-electron chi connectivity index (χ2n) is 8.45. The first kappa shape index (κ1) is 24.2. The van der Waals surface area contributed by atoms with Crippen LogP contribution in [-0.4, -0.2) is 26.1 Å². The third-order valence-corrected chi connectivity index (χ3v) is 7.32. The number of halogens is 1. The molecule has 0 fully saturated rings. The van der Waals surface area contributed by atoms with Crippen molar-refractivity contribution in [2.45, 2.75) is 30.9 Å². The second kappa shape index (κ2) is 9.03. The van der Waals surface area contributed by atoms with Crippen LogP contribution in [0.3, 0.4) is 0 Å². The molecule has 0 amide bonds. The van der Waals surface area contributed by atoms with Crippen molar-refractivity contribution in [2.75, 3.05) is 11.4 Å². The highest BCUT2D eigenvalue weighted by Gasteiger charge is 2.29. The van der Waals surface area contributed by atoms with Crippen molar-refractivity contribution >= 4 is 27.5 Å². The smallest absolute Gasteiger partial charge is 0.269 e. The van der Waals surface area contributed by atoms with Crippen LogP contribution < -0.4 is 13.8 Å². The lowest BCUT2D eigenvalue weighted by atomic mass is 9.99. The van der Waals surface area contributed by atoms with Crippen LogP contribution >= 0.6 is 0 Å². The molecule has 0 unspecified atom stereocenters. The van der Waals surface area contributed by atoms with E-state index in [0.717, 1.165) is 28.6 Å². The van der Waals surface area contributed by atoms with Gasteiger partial charge in [0.15, 0.2) is 0 Å². The van der Waals surface area contributed by atoms with Crippen molar-refractivity contribution in [3.8, 4) is 11.5 Å². The molecular weight excluding hydrogens is 475 g/mol. The molecule has 0 atom stereocenters. The highest BCUT2D eigenvalue weighted by molar-refractivity contribution is 7.92. The van der Waals surface area contributed by atoms with Crippen LogP contribution in [0.4, 0.5) is 15.8 Å². The molecule has 0 aromatic heterocycles.